The fourth-order valence-corrected chi connectivity index (χ4v) is 4.07. The minimum atomic E-state index is 0.0635. The third-order valence-electron chi connectivity index (χ3n) is 4.75. The number of fused-ring (bicyclic) bond motifs is 1. The molecule has 0 spiro atoms. The number of aryl methyl sites for hydroxylation is 1. The third kappa shape index (κ3) is 2.61. The van der Waals surface area contributed by atoms with Crippen molar-refractivity contribution in [3.05, 3.63) is 52.8 Å². The zero-order chi connectivity index (χ0) is 17.6. The highest BCUT2D eigenvalue weighted by Gasteiger charge is 2.35. The van der Waals surface area contributed by atoms with Gasteiger partial charge in [0.2, 0.25) is 5.91 Å². The van der Waals surface area contributed by atoms with Gasteiger partial charge >= 0.3 is 0 Å². The molecule has 5 nitrogen and oxygen atoms in total. The number of hydrogen-bond acceptors (Lipinski definition) is 3. The SMILES string of the molecule is COc1c(Br)cccc1N1CC(c2nc3ccccc3n2C)CC1=O. The van der Waals surface area contributed by atoms with E-state index in [1.54, 1.807) is 12.0 Å². The number of ether oxygens (including phenoxy) is 1. The van der Waals surface area contributed by atoms with E-state index < -0.39 is 0 Å². The highest BCUT2D eigenvalue weighted by molar-refractivity contribution is 9.10. The number of carbonyl (C=O) groups excluding carboxylic acids is 1. The Bertz CT molecular complexity index is 966. The molecule has 0 radical (unpaired) electrons. The molecule has 0 saturated carbocycles. The Kier molecular flexibility index (Phi) is 4.00. The first-order chi connectivity index (χ1) is 12.1. The van der Waals surface area contributed by atoms with Crippen molar-refractivity contribution < 1.29 is 9.53 Å². The first-order valence-electron chi connectivity index (χ1n) is 8.14. The van der Waals surface area contributed by atoms with Gasteiger partial charge in [0.15, 0.2) is 5.75 Å². The summed E-state index contributed by atoms with van der Waals surface area (Å²) in [5.41, 5.74) is 2.84. The molecule has 1 atom stereocenters. The largest absolute Gasteiger partial charge is 0.493 e. The number of anilines is 1. The van der Waals surface area contributed by atoms with Crippen LogP contribution in [0.2, 0.25) is 0 Å². The van der Waals surface area contributed by atoms with Gasteiger partial charge in [0.1, 0.15) is 5.82 Å². The van der Waals surface area contributed by atoms with Crippen LogP contribution in [-0.4, -0.2) is 29.1 Å². The minimum absolute atomic E-state index is 0.0635. The molecule has 128 valence electrons. The Balaban J connectivity index is 1.71. The summed E-state index contributed by atoms with van der Waals surface area (Å²) in [7, 11) is 3.63. The maximum atomic E-state index is 12.7. The van der Waals surface area contributed by atoms with Crippen LogP contribution in [0.1, 0.15) is 18.2 Å². The summed E-state index contributed by atoms with van der Waals surface area (Å²) in [6, 6.07) is 13.8. The molecule has 25 heavy (non-hydrogen) atoms. The van der Waals surface area contributed by atoms with Gasteiger partial charge in [0, 0.05) is 25.9 Å². The number of aromatic nitrogens is 2. The van der Waals surface area contributed by atoms with Crippen LogP contribution in [0, 0.1) is 0 Å². The number of amides is 1. The summed E-state index contributed by atoms with van der Waals surface area (Å²) in [6.07, 6.45) is 0.451. The lowest BCUT2D eigenvalue weighted by Gasteiger charge is -2.20. The van der Waals surface area contributed by atoms with Crippen molar-refractivity contribution in [2.45, 2.75) is 12.3 Å². The number of carbonyl (C=O) groups is 1. The van der Waals surface area contributed by atoms with E-state index in [0.29, 0.717) is 18.7 Å². The second kappa shape index (κ2) is 6.19. The maximum absolute atomic E-state index is 12.7. The van der Waals surface area contributed by atoms with E-state index >= 15 is 0 Å². The first kappa shape index (κ1) is 16.1. The van der Waals surface area contributed by atoms with E-state index in [1.807, 2.05) is 43.4 Å². The molecule has 1 amide bonds. The van der Waals surface area contributed by atoms with Crippen LogP contribution in [0.5, 0.6) is 5.75 Å². The van der Waals surface area contributed by atoms with Gasteiger partial charge in [-0.1, -0.05) is 18.2 Å². The van der Waals surface area contributed by atoms with Crippen LogP contribution < -0.4 is 9.64 Å². The molecule has 1 fully saturated rings. The van der Waals surface area contributed by atoms with Gasteiger partial charge in [0.25, 0.3) is 0 Å². The monoisotopic (exact) mass is 399 g/mol. The number of hydrogen-bond donors (Lipinski definition) is 0. The smallest absolute Gasteiger partial charge is 0.227 e. The van der Waals surface area contributed by atoms with Crippen LogP contribution in [0.4, 0.5) is 5.69 Å². The van der Waals surface area contributed by atoms with E-state index in [0.717, 1.165) is 27.0 Å². The number of halogens is 1. The number of benzene rings is 2. The molecule has 2 heterocycles. The van der Waals surface area contributed by atoms with Gasteiger partial charge in [-0.2, -0.15) is 0 Å². The highest BCUT2D eigenvalue weighted by atomic mass is 79.9. The summed E-state index contributed by atoms with van der Waals surface area (Å²) < 4.78 is 8.42. The maximum Gasteiger partial charge on any atom is 0.227 e. The van der Waals surface area contributed by atoms with Gasteiger partial charge in [-0.15, -0.1) is 0 Å². The van der Waals surface area contributed by atoms with E-state index in [4.69, 9.17) is 9.72 Å². The molecule has 1 aliphatic rings. The lowest BCUT2D eigenvalue weighted by atomic mass is 10.1. The molecule has 1 aliphatic heterocycles. The Morgan fingerprint density at radius 3 is 2.76 bits per heavy atom. The van der Waals surface area contributed by atoms with Crippen molar-refractivity contribution in [1.29, 1.82) is 0 Å². The van der Waals surface area contributed by atoms with Crippen molar-refractivity contribution in [2.24, 2.45) is 7.05 Å². The second-order valence-electron chi connectivity index (χ2n) is 6.22. The highest BCUT2D eigenvalue weighted by Crippen LogP contribution is 2.40. The molecule has 3 aromatic rings. The number of imidazole rings is 1. The fourth-order valence-electron chi connectivity index (χ4n) is 3.55. The first-order valence-corrected chi connectivity index (χ1v) is 8.93. The van der Waals surface area contributed by atoms with Crippen LogP contribution in [0.15, 0.2) is 46.9 Å². The zero-order valence-corrected chi connectivity index (χ0v) is 15.7. The fraction of sp³-hybridized carbons (Fsp3) is 0.263. The molecular weight excluding hydrogens is 382 g/mol. The summed E-state index contributed by atoms with van der Waals surface area (Å²) in [4.78, 5) is 19.2. The van der Waals surface area contributed by atoms with Crippen LogP contribution in [-0.2, 0) is 11.8 Å². The second-order valence-corrected chi connectivity index (χ2v) is 7.07. The normalized spacial score (nSPS) is 17.5. The lowest BCUT2D eigenvalue weighted by molar-refractivity contribution is -0.117. The number of nitrogens with zero attached hydrogens (tertiary/aromatic N) is 3. The predicted octanol–water partition coefficient (Wildman–Crippen LogP) is 3.86. The Labute approximate surface area is 154 Å². The van der Waals surface area contributed by atoms with E-state index in [-0.39, 0.29) is 11.8 Å². The Morgan fingerprint density at radius 2 is 2.00 bits per heavy atom. The summed E-state index contributed by atoms with van der Waals surface area (Å²) in [5.74, 6) is 1.79. The molecule has 0 N–H and O–H groups in total. The molecule has 1 saturated heterocycles. The van der Waals surface area contributed by atoms with E-state index in [2.05, 4.69) is 26.6 Å². The van der Waals surface area contributed by atoms with E-state index in [1.165, 1.54) is 0 Å². The third-order valence-corrected chi connectivity index (χ3v) is 5.38. The van der Waals surface area contributed by atoms with Crippen molar-refractivity contribution in [3.8, 4) is 5.75 Å². The topological polar surface area (TPSA) is 47.4 Å². The van der Waals surface area contributed by atoms with Gasteiger partial charge in [-0.3, -0.25) is 4.79 Å². The number of methoxy groups -OCH3 is 1. The summed E-state index contributed by atoms with van der Waals surface area (Å²) >= 11 is 3.49. The lowest BCUT2D eigenvalue weighted by Crippen LogP contribution is -2.25. The van der Waals surface area contributed by atoms with Crippen LogP contribution in [0.3, 0.4) is 0 Å². The number of rotatable bonds is 3. The van der Waals surface area contributed by atoms with Gasteiger partial charge < -0.3 is 14.2 Å². The Hall–Kier alpha value is -2.34. The van der Waals surface area contributed by atoms with Crippen molar-refractivity contribution in [3.63, 3.8) is 0 Å². The van der Waals surface area contributed by atoms with Gasteiger partial charge in [-0.05, 0) is 40.2 Å². The molecular formula is C19H18BrN3O2. The molecule has 1 unspecified atom stereocenters. The zero-order valence-electron chi connectivity index (χ0n) is 14.1. The molecule has 2 aromatic carbocycles. The van der Waals surface area contributed by atoms with Crippen LogP contribution in [0.25, 0.3) is 11.0 Å². The molecule has 6 heteroatoms. The molecule has 0 aliphatic carbocycles. The molecule has 1 aromatic heterocycles. The van der Waals surface area contributed by atoms with Crippen LogP contribution >= 0.6 is 15.9 Å². The summed E-state index contributed by atoms with van der Waals surface area (Å²) in [5, 5.41) is 0. The van der Waals surface area contributed by atoms with E-state index in [9.17, 15) is 4.79 Å². The average Bonchev–Trinajstić information content (AvgIpc) is 3.15. The van der Waals surface area contributed by atoms with Gasteiger partial charge in [-0.25, -0.2) is 4.98 Å². The van der Waals surface area contributed by atoms with Gasteiger partial charge in [0.05, 0.1) is 28.3 Å². The number of para-hydroxylation sites is 3. The Morgan fingerprint density at radius 1 is 1.20 bits per heavy atom. The van der Waals surface area contributed by atoms with Crippen molar-refractivity contribution in [1.82, 2.24) is 9.55 Å². The predicted molar refractivity (Wildman–Crippen MR) is 101 cm³/mol. The standard InChI is InChI=1S/C19H18BrN3O2/c1-22-15-8-4-3-7-14(15)21-19(22)12-10-17(24)23(11-12)16-9-5-6-13(20)18(16)25-2/h3-9,12H,10-11H2,1-2H3. The molecule has 0 bridgehead atoms. The minimum Gasteiger partial charge on any atom is -0.493 e. The summed E-state index contributed by atoms with van der Waals surface area (Å²) in [6.45, 7) is 0.600. The van der Waals surface area contributed by atoms with Crippen molar-refractivity contribution >= 4 is 38.6 Å². The quantitative estimate of drug-likeness (QED) is 0.671. The average molecular weight is 400 g/mol. The molecule has 4 rings (SSSR count). The van der Waals surface area contributed by atoms with Crippen molar-refractivity contribution in [2.75, 3.05) is 18.6 Å².